The third-order valence-electron chi connectivity index (χ3n) is 2.23. The molecule has 70 valence electrons. The SMILES string of the molecule is O=C1Nc2c(ccc3c2OCO3)C1=O. The fourth-order valence-corrected chi connectivity index (χ4v) is 1.58. The van der Waals surface area contributed by atoms with Crippen LogP contribution in [-0.2, 0) is 4.79 Å². The molecule has 1 amide bonds. The van der Waals surface area contributed by atoms with Gasteiger partial charge in [-0.05, 0) is 12.1 Å². The van der Waals surface area contributed by atoms with Gasteiger partial charge in [-0.25, -0.2) is 0 Å². The maximum Gasteiger partial charge on any atom is 0.296 e. The van der Waals surface area contributed by atoms with Crippen molar-refractivity contribution < 1.29 is 19.1 Å². The molecule has 5 heteroatoms. The molecule has 3 rings (SSSR count). The predicted octanol–water partition coefficient (Wildman–Crippen LogP) is 0.550. The third kappa shape index (κ3) is 0.736. The summed E-state index contributed by atoms with van der Waals surface area (Å²) >= 11 is 0. The molecule has 2 aliphatic rings. The van der Waals surface area contributed by atoms with Crippen LogP contribution >= 0.6 is 0 Å². The van der Waals surface area contributed by atoms with Gasteiger partial charge in [-0.3, -0.25) is 9.59 Å². The van der Waals surface area contributed by atoms with Gasteiger partial charge in [-0.1, -0.05) is 0 Å². The lowest BCUT2D eigenvalue weighted by Crippen LogP contribution is -2.12. The van der Waals surface area contributed by atoms with Crippen LogP contribution in [0.1, 0.15) is 10.4 Å². The minimum Gasteiger partial charge on any atom is -0.454 e. The van der Waals surface area contributed by atoms with Gasteiger partial charge in [0.15, 0.2) is 11.5 Å². The summed E-state index contributed by atoms with van der Waals surface area (Å²) < 4.78 is 10.3. The van der Waals surface area contributed by atoms with Gasteiger partial charge in [0.1, 0.15) is 0 Å². The maximum absolute atomic E-state index is 11.3. The summed E-state index contributed by atoms with van der Waals surface area (Å²) in [4.78, 5) is 22.4. The lowest BCUT2D eigenvalue weighted by molar-refractivity contribution is -0.112. The van der Waals surface area contributed by atoms with E-state index in [0.717, 1.165) is 0 Å². The Morgan fingerprint density at radius 2 is 2.07 bits per heavy atom. The highest BCUT2D eigenvalue weighted by atomic mass is 16.7. The molecule has 0 unspecified atom stereocenters. The number of ether oxygens (including phenoxy) is 2. The quantitative estimate of drug-likeness (QED) is 0.608. The maximum atomic E-state index is 11.3. The smallest absolute Gasteiger partial charge is 0.296 e. The van der Waals surface area contributed by atoms with E-state index in [1.54, 1.807) is 12.1 Å². The molecule has 2 heterocycles. The number of carbonyl (C=O) groups is 2. The fraction of sp³-hybridized carbons (Fsp3) is 0.111. The van der Waals surface area contributed by atoms with E-state index in [9.17, 15) is 9.59 Å². The van der Waals surface area contributed by atoms with Crippen LogP contribution in [0.5, 0.6) is 11.5 Å². The van der Waals surface area contributed by atoms with Gasteiger partial charge in [0.25, 0.3) is 11.7 Å². The summed E-state index contributed by atoms with van der Waals surface area (Å²) in [6, 6.07) is 3.18. The van der Waals surface area contributed by atoms with Crippen molar-refractivity contribution in [2.24, 2.45) is 0 Å². The van der Waals surface area contributed by atoms with Crippen molar-refractivity contribution in [3.8, 4) is 11.5 Å². The van der Waals surface area contributed by atoms with E-state index in [-0.39, 0.29) is 6.79 Å². The van der Waals surface area contributed by atoms with E-state index < -0.39 is 11.7 Å². The Hall–Kier alpha value is -2.04. The number of hydrogen-bond donors (Lipinski definition) is 1. The van der Waals surface area contributed by atoms with Gasteiger partial charge in [0.05, 0.1) is 11.3 Å². The van der Waals surface area contributed by atoms with E-state index in [0.29, 0.717) is 22.7 Å². The van der Waals surface area contributed by atoms with Gasteiger partial charge in [-0.2, -0.15) is 0 Å². The molecule has 0 radical (unpaired) electrons. The average Bonchev–Trinajstić information content (AvgIpc) is 2.73. The second-order valence-corrected chi connectivity index (χ2v) is 3.01. The summed E-state index contributed by atoms with van der Waals surface area (Å²) in [5.74, 6) is -0.150. The van der Waals surface area contributed by atoms with E-state index in [4.69, 9.17) is 9.47 Å². The van der Waals surface area contributed by atoms with E-state index in [2.05, 4.69) is 5.32 Å². The highest BCUT2D eigenvalue weighted by molar-refractivity contribution is 6.52. The van der Waals surface area contributed by atoms with Crippen LogP contribution in [0.3, 0.4) is 0 Å². The van der Waals surface area contributed by atoms with Crippen LogP contribution in [0.2, 0.25) is 0 Å². The van der Waals surface area contributed by atoms with Crippen LogP contribution in [0.4, 0.5) is 5.69 Å². The Bertz CT molecular complexity index is 466. The molecule has 0 aliphatic carbocycles. The standard InChI is InChI=1S/C9H5NO4/c11-7-4-1-2-5-8(14-3-13-5)6(4)10-9(7)12/h1-2H,3H2,(H,10,11,12). The third-order valence-corrected chi connectivity index (χ3v) is 2.23. The Labute approximate surface area is 78.6 Å². The number of benzene rings is 1. The molecular formula is C9H5NO4. The van der Waals surface area contributed by atoms with Crippen molar-refractivity contribution in [3.05, 3.63) is 17.7 Å². The molecule has 2 aliphatic heterocycles. The second kappa shape index (κ2) is 2.25. The first kappa shape index (κ1) is 7.37. The molecule has 0 fully saturated rings. The summed E-state index contributed by atoms with van der Waals surface area (Å²) in [6.45, 7) is 0.121. The zero-order chi connectivity index (χ0) is 9.71. The van der Waals surface area contributed by atoms with Gasteiger partial charge in [0, 0.05) is 0 Å². The van der Waals surface area contributed by atoms with Crippen LogP contribution in [-0.4, -0.2) is 18.5 Å². The predicted molar refractivity (Wildman–Crippen MR) is 45.5 cm³/mol. The number of Topliss-reactive ketones (excluding diaryl/α,β-unsaturated/α-hetero) is 1. The van der Waals surface area contributed by atoms with E-state index in [1.807, 2.05) is 0 Å². The fourth-order valence-electron chi connectivity index (χ4n) is 1.58. The molecule has 1 aromatic carbocycles. The lowest BCUT2D eigenvalue weighted by Gasteiger charge is -2.01. The number of ketones is 1. The van der Waals surface area contributed by atoms with Crippen molar-refractivity contribution in [2.45, 2.75) is 0 Å². The van der Waals surface area contributed by atoms with E-state index >= 15 is 0 Å². The highest BCUT2D eigenvalue weighted by Crippen LogP contribution is 2.43. The zero-order valence-corrected chi connectivity index (χ0v) is 6.99. The van der Waals surface area contributed by atoms with Crippen LogP contribution in [0.15, 0.2) is 12.1 Å². The number of amides is 1. The number of fused-ring (bicyclic) bond motifs is 3. The van der Waals surface area contributed by atoms with E-state index in [1.165, 1.54) is 0 Å². The molecule has 1 N–H and O–H groups in total. The Kier molecular flexibility index (Phi) is 1.19. The van der Waals surface area contributed by atoms with Crippen LogP contribution in [0.25, 0.3) is 0 Å². The van der Waals surface area contributed by atoms with Gasteiger partial charge < -0.3 is 14.8 Å². The van der Waals surface area contributed by atoms with Crippen molar-refractivity contribution in [1.82, 2.24) is 0 Å². The Morgan fingerprint density at radius 3 is 2.93 bits per heavy atom. The monoisotopic (exact) mass is 191 g/mol. The number of nitrogens with one attached hydrogen (secondary N) is 1. The van der Waals surface area contributed by atoms with Gasteiger partial charge >= 0.3 is 0 Å². The second-order valence-electron chi connectivity index (χ2n) is 3.01. The zero-order valence-electron chi connectivity index (χ0n) is 6.99. The van der Waals surface area contributed by atoms with Crippen molar-refractivity contribution >= 4 is 17.4 Å². The molecule has 5 nitrogen and oxygen atoms in total. The molecule has 0 atom stereocenters. The van der Waals surface area contributed by atoms with Crippen LogP contribution in [0, 0.1) is 0 Å². The number of rotatable bonds is 0. The highest BCUT2D eigenvalue weighted by Gasteiger charge is 2.33. The molecule has 14 heavy (non-hydrogen) atoms. The normalized spacial score (nSPS) is 16.9. The molecule has 0 aromatic heterocycles. The van der Waals surface area contributed by atoms with Crippen LogP contribution < -0.4 is 14.8 Å². The summed E-state index contributed by atoms with van der Waals surface area (Å²) in [6.07, 6.45) is 0. The molecule has 0 saturated carbocycles. The average molecular weight is 191 g/mol. The van der Waals surface area contributed by atoms with Gasteiger partial charge in [0.2, 0.25) is 6.79 Å². The Balaban J connectivity index is 2.27. The molecule has 0 bridgehead atoms. The summed E-state index contributed by atoms with van der Waals surface area (Å²) in [7, 11) is 0. The van der Waals surface area contributed by atoms with Crippen molar-refractivity contribution in [1.29, 1.82) is 0 Å². The first-order chi connectivity index (χ1) is 6.77. The molecule has 0 spiro atoms. The van der Waals surface area contributed by atoms with Gasteiger partial charge in [-0.15, -0.1) is 0 Å². The minimum absolute atomic E-state index is 0.121. The summed E-state index contributed by atoms with van der Waals surface area (Å²) in [5.41, 5.74) is 0.772. The molecule has 1 aromatic rings. The largest absolute Gasteiger partial charge is 0.454 e. The number of anilines is 1. The first-order valence-electron chi connectivity index (χ1n) is 4.05. The number of hydrogen-bond acceptors (Lipinski definition) is 4. The Morgan fingerprint density at radius 1 is 1.21 bits per heavy atom. The summed E-state index contributed by atoms with van der Waals surface area (Å²) in [5, 5.41) is 2.45. The topological polar surface area (TPSA) is 64.6 Å². The van der Waals surface area contributed by atoms with Crippen molar-refractivity contribution in [2.75, 3.05) is 12.1 Å². The van der Waals surface area contributed by atoms with Crippen molar-refractivity contribution in [3.63, 3.8) is 0 Å². The molecular weight excluding hydrogens is 186 g/mol. The molecule has 0 saturated heterocycles. The minimum atomic E-state index is -0.621. The lowest BCUT2D eigenvalue weighted by atomic mass is 10.1. The first-order valence-corrected chi connectivity index (χ1v) is 4.05. The number of carbonyl (C=O) groups excluding carboxylic acids is 2.